The molecule has 4 aliphatic carbocycles. The number of allylic oxidation sites excluding steroid dienone is 4. The van der Waals surface area contributed by atoms with Gasteiger partial charge in [-0.3, -0.25) is 19.2 Å². The molecule has 0 spiro atoms. The van der Waals surface area contributed by atoms with Crippen LogP contribution in [0, 0.1) is 34.5 Å². The molecule has 2 fully saturated rings. The summed E-state index contributed by atoms with van der Waals surface area (Å²) in [6.45, 7) is 8.68. The van der Waals surface area contributed by atoms with Crippen LogP contribution >= 0.6 is 11.6 Å². The van der Waals surface area contributed by atoms with E-state index in [2.05, 4.69) is 0 Å². The molecule has 0 radical (unpaired) electrons. The number of carbonyl (C=O) groups excluding carboxylic acids is 4. The van der Waals surface area contributed by atoms with Crippen molar-refractivity contribution in [2.45, 2.75) is 83.8 Å². The van der Waals surface area contributed by atoms with Crippen molar-refractivity contribution >= 4 is 35.1 Å². The van der Waals surface area contributed by atoms with Gasteiger partial charge in [-0.05, 0) is 30.8 Å². The van der Waals surface area contributed by atoms with Crippen LogP contribution in [0.2, 0.25) is 0 Å². The van der Waals surface area contributed by atoms with E-state index in [0.717, 1.165) is 5.57 Å². The van der Waals surface area contributed by atoms with Gasteiger partial charge >= 0.3 is 11.9 Å². The molecule has 0 bridgehead atoms. The van der Waals surface area contributed by atoms with Gasteiger partial charge in [0, 0.05) is 41.9 Å². The number of aliphatic hydroxyl groups is 1. The molecule has 36 heavy (non-hydrogen) atoms. The van der Waals surface area contributed by atoms with E-state index in [0.29, 0.717) is 6.42 Å². The van der Waals surface area contributed by atoms with Gasteiger partial charge in [-0.25, -0.2) is 0 Å². The number of ketones is 2. The van der Waals surface area contributed by atoms with E-state index in [1.54, 1.807) is 19.9 Å². The number of carbonyl (C=O) groups is 4. The smallest absolute Gasteiger partial charge is 0.306 e. The van der Waals surface area contributed by atoms with E-state index in [1.807, 2.05) is 32.9 Å². The lowest BCUT2D eigenvalue weighted by atomic mass is 9.46. The molecule has 0 aromatic heterocycles. The van der Waals surface area contributed by atoms with Crippen LogP contribution < -0.4 is 0 Å². The van der Waals surface area contributed by atoms with Gasteiger partial charge in [-0.2, -0.15) is 0 Å². The standard InChI is InChI=1S/C28H37ClO7/c1-6-22(33)35-14-21(32)28(36-23(34)7-2)15(3)10-18-24-19(29)12-16-11-17(30)8-9-26(16,4)25(24)20(31)13-27(18,28)5/h8-9,12,15,18-20,24-25,31H,6-7,10-11,13-14H2,1-5H3/t15-,18+,19-,20+,24-,25+,26+,27+,28+/m1/s1. The lowest BCUT2D eigenvalue weighted by Crippen LogP contribution is -2.65. The molecule has 7 nitrogen and oxygen atoms in total. The van der Waals surface area contributed by atoms with E-state index < -0.39 is 52.2 Å². The van der Waals surface area contributed by atoms with Gasteiger partial charge in [0.2, 0.25) is 5.78 Å². The topological polar surface area (TPSA) is 107 Å². The maximum absolute atomic E-state index is 13.9. The molecule has 4 aliphatic rings. The predicted molar refractivity (Wildman–Crippen MR) is 133 cm³/mol. The molecule has 9 atom stereocenters. The van der Waals surface area contributed by atoms with Crippen molar-refractivity contribution in [1.82, 2.24) is 0 Å². The summed E-state index contributed by atoms with van der Waals surface area (Å²) in [5, 5.41) is 11.3. The van der Waals surface area contributed by atoms with Crippen LogP contribution in [-0.4, -0.2) is 52.3 Å². The van der Waals surface area contributed by atoms with Crippen LogP contribution in [-0.2, 0) is 28.7 Å². The summed E-state index contributed by atoms with van der Waals surface area (Å²) < 4.78 is 11.3. The first kappa shape index (κ1) is 27.1. The third kappa shape index (κ3) is 3.80. The lowest BCUT2D eigenvalue weighted by molar-refractivity contribution is -0.204. The lowest BCUT2D eigenvalue weighted by Gasteiger charge is -2.60. The Kier molecular flexibility index (Phi) is 7.06. The molecule has 0 aliphatic heterocycles. The fourth-order valence-corrected chi connectivity index (χ4v) is 8.45. The number of hydrogen-bond acceptors (Lipinski definition) is 7. The third-order valence-corrected chi connectivity index (χ3v) is 10.0. The van der Waals surface area contributed by atoms with Gasteiger partial charge in [-0.15, -0.1) is 11.6 Å². The van der Waals surface area contributed by atoms with E-state index in [4.69, 9.17) is 21.1 Å². The summed E-state index contributed by atoms with van der Waals surface area (Å²) in [6.07, 6.45) is 5.90. The van der Waals surface area contributed by atoms with Crippen LogP contribution in [0.3, 0.4) is 0 Å². The fourth-order valence-electron chi connectivity index (χ4n) is 7.97. The molecular weight excluding hydrogens is 484 g/mol. The van der Waals surface area contributed by atoms with E-state index in [-0.39, 0.29) is 55.1 Å². The first-order valence-corrected chi connectivity index (χ1v) is 13.5. The Balaban J connectivity index is 1.80. The summed E-state index contributed by atoms with van der Waals surface area (Å²) in [7, 11) is 0. The first-order valence-electron chi connectivity index (χ1n) is 13.0. The highest BCUT2D eigenvalue weighted by Gasteiger charge is 2.73. The summed E-state index contributed by atoms with van der Waals surface area (Å²) >= 11 is 7.00. The average molecular weight is 521 g/mol. The van der Waals surface area contributed by atoms with Crippen molar-refractivity contribution in [2.24, 2.45) is 34.5 Å². The Morgan fingerprint density at radius 3 is 2.47 bits per heavy atom. The molecule has 198 valence electrons. The van der Waals surface area contributed by atoms with Crippen molar-refractivity contribution in [3.8, 4) is 0 Å². The van der Waals surface area contributed by atoms with Crippen molar-refractivity contribution in [3.63, 3.8) is 0 Å². The highest BCUT2D eigenvalue weighted by molar-refractivity contribution is 6.22. The summed E-state index contributed by atoms with van der Waals surface area (Å²) in [4.78, 5) is 50.6. The molecule has 4 rings (SSSR count). The highest BCUT2D eigenvalue weighted by atomic mass is 35.5. The molecule has 1 N–H and O–H groups in total. The molecule has 2 saturated carbocycles. The minimum Gasteiger partial charge on any atom is -0.457 e. The molecule has 8 heteroatoms. The number of Topliss-reactive ketones (excluding diaryl/α,β-unsaturated/α-hetero) is 1. The highest BCUT2D eigenvalue weighted by Crippen LogP contribution is 2.69. The zero-order chi connectivity index (χ0) is 26.6. The number of fused-ring (bicyclic) bond motifs is 5. The van der Waals surface area contributed by atoms with Gasteiger partial charge in [0.25, 0.3) is 0 Å². The Bertz CT molecular complexity index is 1030. The SMILES string of the molecule is CCC(=O)OCC(=O)[C@@]1(OC(=O)CC)[C@H](C)C[C@H]2[C@H]3[C@H]([C@@H](O)C[C@@]21C)[C@@]1(C)C=CC(=O)CC1=C[C@H]3Cl. The van der Waals surface area contributed by atoms with E-state index >= 15 is 0 Å². The zero-order valence-electron chi connectivity index (χ0n) is 21.7. The van der Waals surface area contributed by atoms with Crippen LogP contribution in [0.4, 0.5) is 0 Å². The summed E-state index contributed by atoms with van der Waals surface area (Å²) in [5.74, 6) is -2.42. The third-order valence-electron chi connectivity index (χ3n) is 9.62. The van der Waals surface area contributed by atoms with Crippen LogP contribution in [0.15, 0.2) is 23.8 Å². The second-order valence-corrected chi connectivity index (χ2v) is 11.9. The summed E-state index contributed by atoms with van der Waals surface area (Å²) in [6, 6.07) is 0. The first-order chi connectivity index (χ1) is 16.9. The molecule has 0 saturated heterocycles. The zero-order valence-corrected chi connectivity index (χ0v) is 22.5. The van der Waals surface area contributed by atoms with Gasteiger partial charge in [0.05, 0.1) is 11.5 Å². The molecule has 0 unspecified atom stereocenters. The monoisotopic (exact) mass is 520 g/mol. The molecule has 0 heterocycles. The second kappa shape index (κ2) is 9.39. The molecular formula is C28H37ClO7. The molecule has 0 amide bonds. The number of halogens is 1. The van der Waals surface area contributed by atoms with Crippen LogP contribution in [0.25, 0.3) is 0 Å². The number of aliphatic hydroxyl groups excluding tert-OH is 1. The van der Waals surface area contributed by atoms with E-state index in [9.17, 15) is 24.3 Å². The Morgan fingerprint density at radius 1 is 1.17 bits per heavy atom. The van der Waals surface area contributed by atoms with Gasteiger partial charge < -0.3 is 14.6 Å². The minimum absolute atomic E-state index is 0.0170. The van der Waals surface area contributed by atoms with Crippen LogP contribution in [0.5, 0.6) is 0 Å². The average Bonchev–Trinajstić information content (AvgIpc) is 3.04. The number of alkyl halides is 1. The number of rotatable bonds is 6. The maximum atomic E-state index is 13.9. The minimum atomic E-state index is -1.55. The predicted octanol–water partition coefficient (Wildman–Crippen LogP) is 3.94. The number of ether oxygens (including phenoxy) is 2. The quantitative estimate of drug-likeness (QED) is 0.321. The van der Waals surface area contributed by atoms with Crippen molar-refractivity contribution in [2.75, 3.05) is 6.61 Å². The van der Waals surface area contributed by atoms with Crippen molar-refractivity contribution in [1.29, 1.82) is 0 Å². The van der Waals surface area contributed by atoms with Crippen molar-refractivity contribution in [3.05, 3.63) is 23.8 Å². The molecule has 0 aromatic carbocycles. The normalized spacial score (nSPS) is 43.1. The fraction of sp³-hybridized carbons (Fsp3) is 0.714. The number of esters is 2. The Hall–Kier alpha value is -1.99. The second-order valence-electron chi connectivity index (χ2n) is 11.4. The summed E-state index contributed by atoms with van der Waals surface area (Å²) in [5.41, 5.74) is -2.07. The van der Waals surface area contributed by atoms with Gasteiger partial charge in [0.1, 0.15) is 0 Å². The van der Waals surface area contributed by atoms with Crippen LogP contribution in [0.1, 0.15) is 66.7 Å². The largest absolute Gasteiger partial charge is 0.457 e. The van der Waals surface area contributed by atoms with Gasteiger partial charge in [-0.1, -0.05) is 52.3 Å². The number of hydrogen-bond donors (Lipinski definition) is 1. The maximum Gasteiger partial charge on any atom is 0.306 e. The Labute approximate surface area is 217 Å². The van der Waals surface area contributed by atoms with E-state index in [1.165, 1.54) is 0 Å². The molecule has 0 aromatic rings. The Morgan fingerprint density at radius 2 is 1.83 bits per heavy atom. The van der Waals surface area contributed by atoms with Crippen molar-refractivity contribution < 1.29 is 33.8 Å². The van der Waals surface area contributed by atoms with Gasteiger partial charge in [0.15, 0.2) is 18.0 Å².